The van der Waals surface area contributed by atoms with Crippen molar-refractivity contribution in [2.75, 3.05) is 13.2 Å². The first-order valence-electron chi connectivity index (χ1n) is 3.92. The lowest BCUT2D eigenvalue weighted by Crippen LogP contribution is -2.14. The zero-order valence-electron chi connectivity index (χ0n) is 6.32. The maximum absolute atomic E-state index is 5.27. The van der Waals surface area contributed by atoms with Gasteiger partial charge in [-0.2, -0.15) is 0 Å². The van der Waals surface area contributed by atoms with E-state index in [9.17, 15) is 0 Å². The van der Waals surface area contributed by atoms with Crippen LogP contribution in [-0.2, 0) is 4.74 Å². The molecule has 0 radical (unpaired) electrons. The van der Waals surface area contributed by atoms with Crippen molar-refractivity contribution in [2.24, 2.45) is 0 Å². The molecule has 2 heterocycles. The van der Waals surface area contributed by atoms with Crippen LogP contribution in [0, 0.1) is 0 Å². The standard InChI is InChI=1S/C8H11NOS/c1-3-10-4-2-7(1)8-5-11-6-9-8/h5-7H,1-4H2. The van der Waals surface area contributed by atoms with Gasteiger partial charge in [0.15, 0.2) is 0 Å². The first kappa shape index (κ1) is 7.25. The number of hydrogen-bond donors (Lipinski definition) is 0. The summed E-state index contributed by atoms with van der Waals surface area (Å²) in [5.74, 6) is 0.662. The molecule has 0 spiro atoms. The van der Waals surface area contributed by atoms with Gasteiger partial charge in [-0.25, -0.2) is 4.98 Å². The molecule has 11 heavy (non-hydrogen) atoms. The molecule has 0 saturated carbocycles. The number of aromatic nitrogens is 1. The summed E-state index contributed by atoms with van der Waals surface area (Å²) in [5.41, 5.74) is 3.17. The summed E-state index contributed by atoms with van der Waals surface area (Å²) < 4.78 is 5.27. The van der Waals surface area contributed by atoms with Gasteiger partial charge in [0.1, 0.15) is 0 Å². The molecule has 1 aliphatic rings. The molecule has 0 unspecified atom stereocenters. The highest BCUT2D eigenvalue weighted by Crippen LogP contribution is 2.25. The molecule has 1 fully saturated rings. The fourth-order valence-corrected chi connectivity index (χ4v) is 2.05. The summed E-state index contributed by atoms with van der Waals surface area (Å²) in [7, 11) is 0. The van der Waals surface area contributed by atoms with Gasteiger partial charge >= 0.3 is 0 Å². The van der Waals surface area contributed by atoms with Gasteiger partial charge in [0, 0.05) is 24.5 Å². The van der Waals surface area contributed by atoms with Crippen LogP contribution in [0.5, 0.6) is 0 Å². The highest BCUT2D eigenvalue weighted by molar-refractivity contribution is 7.07. The molecule has 2 rings (SSSR count). The van der Waals surface area contributed by atoms with Crippen molar-refractivity contribution in [2.45, 2.75) is 18.8 Å². The minimum absolute atomic E-state index is 0.662. The molecule has 1 aromatic heterocycles. The van der Waals surface area contributed by atoms with E-state index in [1.807, 2.05) is 5.51 Å². The van der Waals surface area contributed by atoms with Crippen LogP contribution in [0.15, 0.2) is 10.9 Å². The van der Waals surface area contributed by atoms with Gasteiger partial charge in [0.05, 0.1) is 11.2 Å². The van der Waals surface area contributed by atoms with E-state index in [0.717, 1.165) is 26.1 Å². The summed E-state index contributed by atoms with van der Waals surface area (Å²) in [4.78, 5) is 4.30. The highest BCUT2D eigenvalue weighted by atomic mass is 32.1. The minimum Gasteiger partial charge on any atom is -0.381 e. The van der Waals surface area contributed by atoms with Crippen LogP contribution in [0.2, 0.25) is 0 Å². The third-order valence-corrected chi connectivity index (χ3v) is 2.70. The molecule has 1 saturated heterocycles. The van der Waals surface area contributed by atoms with Crippen LogP contribution in [0.1, 0.15) is 24.5 Å². The molecule has 0 bridgehead atoms. The Morgan fingerprint density at radius 2 is 2.27 bits per heavy atom. The van der Waals surface area contributed by atoms with Gasteiger partial charge in [0.2, 0.25) is 0 Å². The van der Waals surface area contributed by atoms with Crippen LogP contribution < -0.4 is 0 Å². The smallest absolute Gasteiger partial charge is 0.0794 e. The van der Waals surface area contributed by atoms with E-state index < -0.39 is 0 Å². The second kappa shape index (κ2) is 3.32. The molecule has 1 aromatic rings. The molecule has 60 valence electrons. The van der Waals surface area contributed by atoms with Crippen molar-refractivity contribution in [3.8, 4) is 0 Å². The van der Waals surface area contributed by atoms with Gasteiger partial charge in [-0.1, -0.05) is 0 Å². The van der Waals surface area contributed by atoms with E-state index in [-0.39, 0.29) is 0 Å². The van der Waals surface area contributed by atoms with Crippen LogP contribution in [0.25, 0.3) is 0 Å². The molecule has 0 atom stereocenters. The average molecular weight is 169 g/mol. The van der Waals surface area contributed by atoms with Gasteiger partial charge in [-0.15, -0.1) is 11.3 Å². The summed E-state index contributed by atoms with van der Waals surface area (Å²) in [6.07, 6.45) is 2.29. The summed E-state index contributed by atoms with van der Waals surface area (Å²) in [6, 6.07) is 0. The Kier molecular flexibility index (Phi) is 2.19. The van der Waals surface area contributed by atoms with Gasteiger partial charge < -0.3 is 4.74 Å². The number of thiazole rings is 1. The van der Waals surface area contributed by atoms with E-state index in [0.29, 0.717) is 5.92 Å². The van der Waals surface area contributed by atoms with Crippen molar-refractivity contribution in [3.05, 3.63) is 16.6 Å². The summed E-state index contributed by atoms with van der Waals surface area (Å²) in [5, 5.41) is 2.15. The van der Waals surface area contributed by atoms with E-state index >= 15 is 0 Å². The molecule has 0 N–H and O–H groups in total. The van der Waals surface area contributed by atoms with Gasteiger partial charge in [-0.3, -0.25) is 0 Å². The highest BCUT2D eigenvalue weighted by Gasteiger charge is 2.16. The third kappa shape index (κ3) is 1.60. The maximum Gasteiger partial charge on any atom is 0.0794 e. The van der Waals surface area contributed by atoms with Crippen LogP contribution in [-0.4, -0.2) is 18.2 Å². The Morgan fingerprint density at radius 1 is 1.45 bits per heavy atom. The topological polar surface area (TPSA) is 22.1 Å². The number of rotatable bonds is 1. The van der Waals surface area contributed by atoms with Gasteiger partial charge in [0.25, 0.3) is 0 Å². The molecule has 0 amide bonds. The largest absolute Gasteiger partial charge is 0.381 e. The quantitative estimate of drug-likeness (QED) is 0.641. The SMILES string of the molecule is c1nc(C2CCOCC2)cs1. The number of ether oxygens (including phenoxy) is 1. The Morgan fingerprint density at radius 3 is 2.91 bits per heavy atom. The Bertz CT molecular complexity index is 204. The van der Waals surface area contributed by atoms with E-state index in [1.165, 1.54) is 5.69 Å². The van der Waals surface area contributed by atoms with Crippen LogP contribution in [0.3, 0.4) is 0 Å². The first-order valence-corrected chi connectivity index (χ1v) is 4.87. The fraction of sp³-hybridized carbons (Fsp3) is 0.625. The zero-order chi connectivity index (χ0) is 7.52. The third-order valence-electron chi connectivity index (χ3n) is 2.09. The normalized spacial score (nSPS) is 20.4. The van der Waals surface area contributed by atoms with Crippen molar-refractivity contribution < 1.29 is 4.74 Å². The predicted octanol–water partition coefficient (Wildman–Crippen LogP) is 2.04. The zero-order valence-corrected chi connectivity index (χ0v) is 7.14. The Labute approximate surface area is 70.2 Å². The molecular weight excluding hydrogens is 158 g/mol. The van der Waals surface area contributed by atoms with E-state index in [2.05, 4.69) is 10.4 Å². The summed E-state index contributed by atoms with van der Waals surface area (Å²) >= 11 is 1.68. The summed E-state index contributed by atoms with van der Waals surface area (Å²) in [6.45, 7) is 1.81. The van der Waals surface area contributed by atoms with E-state index in [1.54, 1.807) is 11.3 Å². The second-order valence-electron chi connectivity index (χ2n) is 2.80. The lowest BCUT2D eigenvalue weighted by molar-refractivity contribution is 0.0846. The lowest BCUT2D eigenvalue weighted by Gasteiger charge is -2.19. The molecule has 1 aliphatic heterocycles. The minimum atomic E-state index is 0.662. The lowest BCUT2D eigenvalue weighted by atomic mass is 9.98. The van der Waals surface area contributed by atoms with E-state index in [4.69, 9.17) is 4.74 Å². The molecule has 0 aliphatic carbocycles. The Hall–Kier alpha value is -0.410. The van der Waals surface area contributed by atoms with Crippen LogP contribution >= 0.6 is 11.3 Å². The first-order chi connectivity index (χ1) is 5.47. The number of nitrogens with zero attached hydrogens (tertiary/aromatic N) is 1. The predicted molar refractivity (Wildman–Crippen MR) is 44.9 cm³/mol. The van der Waals surface area contributed by atoms with Crippen molar-refractivity contribution >= 4 is 11.3 Å². The monoisotopic (exact) mass is 169 g/mol. The molecule has 2 nitrogen and oxygen atoms in total. The number of hydrogen-bond acceptors (Lipinski definition) is 3. The molecular formula is C8H11NOS. The average Bonchev–Trinajstić information content (AvgIpc) is 2.58. The van der Waals surface area contributed by atoms with Crippen LogP contribution in [0.4, 0.5) is 0 Å². The van der Waals surface area contributed by atoms with Crippen molar-refractivity contribution in [1.29, 1.82) is 0 Å². The Balaban J connectivity index is 2.04. The van der Waals surface area contributed by atoms with Gasteiger partial charge in [-0.05, 0) is 12.8 Å². The molecule has 0 aromatic carbocycles. The fourth-order valence-electron chi connectivity index (χ4n) is 1.42. The maximum atomic E-state index is 5.27. The molecule has 3 heteroatoms. The second-order valence-corrected chi connectivity index (χ2v) is 3.52. The van der Waals surface area contributed by atoms with Crippen molar-refractivity contribution in [3.63, 3.8) is 0 Å². The van der Waals surface area contributed by atoms with Crippen molar-refractivity contribution in [1.82, 2.24) is 4.98 Å².